The summed E-state index contributed by atoms with van der Waals surface area (Å²) in [5, 5.41) is 22.1. The van der Waals surface area contributed by atoms with Gasteiger partial charge in [0.2, 0.25) is 0 Å². The van der Waals surface area contributed by atoms with Crippen LogP contribution in [0.2, 0.25) is 5.02 Å². The Kier molecular flexibility index (Phi) is 8.80. The Balaban J connectivity index is 1.50. The van der Waals surface area contributed by atoms with Crippen LogP contribution in [0.1, 0.15) is 19.3 Å². The van der Waals surface area contributed by atoms with Crippen molar-refractivity contribution in [3.63, 3.8) is 0 Å². The lowest BCUT2D eigenvalue weighted by Gasteiger charge is -2.41. The SMILES string of the molecule is C=C(F)C(=O)N1CCN(c2nc(OC[C@@H]3CCCN3C)nc3c(OC)c(-c4cc(O)cc5cccc(Cl)c45)cnc23)CC1CC#N. The molecule has 1 N–H and O–H groups in total. The number of carbonyl (C=O) groups is 1. The van der Waals surface area contributed by atoms with E-state index in [-0.39, 0.29) is 43.9 Å². The lowest BCUT2D eigenvalue weighted by atomic mass is 9.97. The van der Waals surface area contributed by atoms with Crippen molar-refractivity contribution >= 4 is 45.1 Å². The van der Waals surface area contributed by atoms with Gasteiger partial charge in [0, 0.05) is 47.8 Å². The minimum absolute atomic E-state index is 0.0118. The number of hydrogen-bond donors (Lipinski definition) is 1. The number of likely N-dealkylation sites (N-methyl/N-ethyl adjacent to an activating group) is 1. The predicted octanol–water partition coefficient (Wildman–Crippen LogP) is 5.10. The molecule has 11 nitrogen and oxygen atoms in total. The van der Waals surface area contributed by atoms with Crippen molar-refractivity contribution in [3.05, 3.63) is 54.0 Å². The molecule has 1 unspecified atom stereocenters. The molecule has 2 aliphatic heterocycles. The van der Waals surface area contributed by atoms with Crippen LogP contribution in [0.25, 0.3) is 32.9 Å². The maximum atomic E-state index is 13.9. The van der Waals surface area contributed by atoms with E-state index < -0.39 is 17.8 Å². The first-order valence-electron chi connectivity index (χ1n) is 15.0. The van der Waals surface area contributed by atoms with Gasteiger partial charge < -0.3 is 29.3 Å². The van der Waals surface area contributed by atoms with Crippen molar-refractivity contribution in [2.45, 2.75) is 31.3 Å². The van der Waals surface area contributed by atoms with Gasteiger partial charge in [0.15, 0.2) is 17.4 Å². The molecule has 0 radical (unpaired) electrons. The Morgan fingerprint density at radius 3 is 2.74 bits per heavy atom. The molecule has 6 rings (SSSR count). The van der Waals surface area contributed by atoms with Crippen molar-refractivity contribution in [1.82, 2.24) is 24.8 Å². The number of methoxy groups -OCH3 is 1. The summed E-state index contributed by atoms with van der Waals surface area (Å²) in [6.45, 7) is 5.14. The van der Waals surface area contributed by atoms with Crippen molar-refractivity contribution in [2.75, 3.05) is 51.8 Å². The first-order valence-corrected chi connectivity index (χ1v) is 15.3. The second kappa shape index (κ2) is 12.9. The molecular weight excluding hydrogens is 613 g/mol. The third-order valence-corrected chi connectivity index (χ3v) is 9.03. The summed E-state index contributed by atoms with van der Waals surface area (Å²) in [5.41, 5.74) is 1.94. The number of ether oxygens (including phenoxy) is 2. The number of phenolic OH excluding ortho intramolecular Hbond substituents is 1. The van der Waals surface area contributed by atoms with Gasteiger partial charge in [0.05, 0.1) is 25.6 Å². The highest BCUT2D eigenvalue weighted by atomic mass is 35.5. The third-order valence-electron chi connectivity index (χ3n) is 8.71. The van der Waals surface area contributed by atoms with Gasteiger partial charge >= 0.3 is 6.01 Å². The Morgan fingerprint density at radius 2 is 2.02 bits per heavy atom. The van der Waals surface area contributed by atoms with E-state index in [1.807, 2.05) is 17.0 Å². The fourth-order valence-electron chi connectivity index (χ4n) is 6.39. The van der Waals surface area contributed by atoms with E-state index in [9.17, 15) is 19.6 Å². The highest BCUT2D eigenvalue weighted by molar-refractivity contribution is 6.36. The molecule has 46 heavy (non-hydrogen) atoms. The Morgan fingerprint density at radius 1 is 1.20 bits per heavy atom. The molecule has 0 aliphatic carbocycles. The number of carbonyl (C=O) groups excluding carboxylic acids is 1. The molecule has 2 aromatic carbocycles. The topological polar surface area (TPSA) is 128 Å². The first kappa shape index (κ1) is 31.3. The van der Waals surface area contributed by atoms with Crippen LogP contribution in [0.4, 0.5) is 10.2 Å². The van der Waals surface area contributed by atoms with Crippen LogP contribution in [0.3, 0.4) is 0 Å². The van der Waals surface area contributed by atoms with Crippen LogP contribution in [0.15, 0.2) is 48.9 Å². The van der Waals surface area contributed by atoms with Gasteiger partial charge in [-0.3, -0.25) is 4.79 Å². The number of hydrogen-bond acceptors (Lipinski definition) is 10. The summed E-state index contributed by atoms with van der Waals surface area (Å²) in [4.78, 5) is 32.4. The number of likely N-dealkylation sites (tertiary alicyclic amines) is 1. The molecule has 1 amide bonds. The number of pyridine rings is 1. The maximum absolute atomic E-state index is 13.9. The quantitative estimate of drug-likeness (QED) is 0.259. The molecule has 13 heteroatoms. The number of nitriles is 1. The normalized spacial score (nSPS) is 18.6. The molecule has 0 bridgehead atoms. The highest BCUT2D eigenvalue weighted by Crippen LogP contribution is 2.44. The molecule has 2 fully saturated rings. The van der Waals surface area contributed by atoms with E-state index in [4.69, 9.17) is 36.0 Å². The second-order valence-electron chi connectivity index (χ2n) is 11.5. The maximum Gasteiger partial charge on any atom is 0.319 e. The summed E-state index contributed by atoms with van der Waals surface area (Å²) in [7, 11) is 3.58. The van der Waals surface area contributed by atoms with Gasteiger partial charge in [-0.1, -0.05) is 30.3 Å². The Bertz CT molecular complexity index is 1880. The van der Waals surface area contributed by atoms with Gasteiger partial charge in [-0.15, -0.1) is 0 Å². The molecule has 0 spiro atoms. The van der Waals surface area contributed by atoms with E-state index in [1.54, 1.807) is 24.4 Å². The predicted molar refractivity (Wildman–Crippen MR) is 173 cm³/mol. The van der Waals surface area contributed by atoms with Crippen LogP contribution in [0.5, 0.6) is 17.5 Å². The second-order valence-corrected chi connectivity index (χ2v) is 11.9. The lowest BCUT2D eigenvalue weighted by molar-refractivity contribution is -0.131. The lowest BCUT2D eigenvalue weighted by Crippen LogP contribution is -2.55. The zero-order valence-corrected chi connectivity index (χ0v) is 26.3. The average Bonchev–Trinajstić information content (AvgIpc) is 3.46. The third kappa shape index (κ3) is 5.84. The minimum Gasteiger partial charge on any atom is -0.508 e. The van der Waals surface area contributed by atoms with Crippen LogP contribution < -0.4 is 14.4 Å². The van der Waals surface area contributed by atoms with Crippen molar-refractivity contribution in [1.29, 1.82) is 5.26 Å². The fourth-order valence-corrected chi connectivity index (χ4v) is 6.67. The van der Waals surface area contributed by atoms with Crippen molar-refractivity contribution in [3.8, 4) is 34.7 Å². The standard InChI is InChI=1S/C33H33ClFN7O4/c1-19(35)32(44)42-13-12-41(17-21(42)9-10-36)31-29-28(38-33(39-31)46-18-22-7-5-11-40(22)2)30(45-3)25(16-37-29)24-15-23(43)14-20-6-4-8-26(34)27(20)24/h4,6,8,14-16,21-22,43H,1,5,7,9,11-13,17-18H2,2-3H3/t21?,22-/m0/s1. The van der Waals surface area contributed by atoms with Gasteiger partial charge in [-0.25, -0.2) is 9.37 Å². The van der Waals surface area contributed by atoms with Crippen molar-refractivity contribution < 1.29 is 23.8 Å². The summed E-state index contributed by atoms with van der Waals surface area (Å²) in [6, 6.07) is 10.5. The molecule has 2 aromatic heterocycles. The number of amides is 1. The number of piperazine rings is 1. The molecular formula is C33H33ClFN7O4. The van der Waals surface area contributed by atoms with E-state index in [0.29, 0.717) is 50.7 Å². The van der Waals surface area contributed by atoms with E-state index in [0.717, 1.165) is 24.8 Å². The number of aromatic hydroxyl groups is 1. The Labute approximate surface area is 270 Å². The van der Waals surface area contributed by atoms with Crippen molar-refractivity contribution in [2.24, 2.45) is 0 Å². The largest absolute Gasteiger partial charge is 0.508 e. The van der Waals surface area contributed by atoms with E-state index in [2.05, 4.69) is 24.6 Å². The molecule has 4 aromatic rings. The van der Waals surface area contributed by atoms with Gasteiger partial charge in [-0.2, -0.15) is 15.2 Å². The average molecular weight is 646 g/mol. The van der Waals surface area contributed by atoms with E-state index >= 15 is 0 Å². The summed E-state index contributed by atoms with van der Waals surface area (Å²) < 4.78 is 26.0. The number of aromatic nitrogens is 3. The number of fused-ring (bicyclic) bond motifs is 2. The molecule has 238 valence electrons. The van der Waals surface area contributed by atoms with Gasteiger partial charge in [0.25, 0.3) is 5.91 Å². The fraction of sp³-hybridized carbons (Fsp3) is 0.364. The highest BCUT2D eigenvalue weighted by Gasteiger charge is 2.34. The monoisotopic (exact) mass is 645 g/mol. The number of nitrogens with zero attached hydrogens (tertiary/aromatic N) is 7. The molecule has 0 saturated carbocycles. The molecule has 2 aliphatic rings. The zero-order valence-electron chi connectivity index (χ0n) is 25.5. The Hall–Kier alpha value is -4.73. The van der Waals surface area contributed by atoms with Gasteiger partial charge in [0.1, 0.15) is 23.4 Å². The summed E-state index contributed by atoms with van der Waals surface area (Å²) in [5.74, 6) is -1.06. The number of anilines is 1. The minimum atomic E-state index is -1.07. The van der Waals surface area contributed by atoms with Gasteiger partial charge in [-0.05, 0) is 55.6 Å². The summed E-state index contributed by atoms with van der Waals surface area (Å²) >= 11 is 6.66. The van der Waals surface area contributed by atoms with Crippen LogP contribution in [0, 0.1) is 11.3 Å². The first-order chi connectivity index (χ1) is 22.2. The number of rotatable bonds is 8. The van der Waals surface area contributed by atoms with Crippen LogP contribution >= 0.6 is 11.6 Å². The number of phenols is 1. The van der Waals surface area contributed by atoms with Crippen LogP contribution in [-0.4, -0.2) is 94.8 Å². The molecule has 2 atom stereocenters. The summed E-state index contributed by atoms with van der Waals surface area (Å²) in [6.07, 6.45) is 3.68. The smallest absolute Gasteiger partial charge is 0.319 e. The van der Waals surface area contributed by atoms with Crippen LogP contribution in [-0.2, 0) is 4.79 Å². The number of halogens is 2. The zero-order chi connectivity index (χ0) is 32.5. The molecule has 4 heterocycles. The molecule has 2 saturated heterocycles. The number of benzene rings is 2. The van der Waals surface area contributed by atoms with E-state index in [1.165, 1.54) is 12.0 Å².